The predicted octanol–water partition coefficient (Wildman–Crippen LogP) is 0.461. The van der Waals surface area contributed by atoms with Crippen LogP contribution in [-0.4, -0.2) is 31.1 Å². The Morgan fingerprint density at radius 2 is 1.94 bits per heavy atom. The number of carbonyl (C=O) groups is 2. The second kappa shape index (κ2) is 9.42. The Hall–Kier alpha value is -0.810. The van der Waals surface area contributed by atoms with Gasteiger partial charge in [0.2, 0.25) is 5.91 Å². The molecule has 0 saturated heterocycles. The highest BCUT2D eigenvalue weighted by Crippen LogP contribution is 2.01. The molecule has 0 bridgehead atoms. The molecule has 0 radical (unpaired) electrons. The number of rotatable bonds is 6. The van der Waals surface area contributed by atoms with Gasteiger partial charge in [-0.25, -0.2) is 0 Å². The maximum Gasteiger partial charge on any atom is 0.306 e. The standard InChI is InChI=1S/C10H20N2O3.ClH/c1-4-15-9(13)5-7(2)6-12-10(14)8(3)11;/h7-8H,4-6,11H2,1-3H3,(H,12,14);1H. The monoisotopic (exact) mass is 252 g/mol. The summed E-state index contributed by atoms with van der Waals surface area (Å²) in [6.07, 6.45) is 0.313. The fraction of sp³-hybridized carbons (Fsp3) is 0.800. The summed E-state index contributed by atoms with van der Waals surface area (Å²) in [5.41, 5.74) is 5.37. The summed E-state index contributed by atoms with van der Waals surface area (Å²) >= 11 is 0. The first-order valence-electron chi connectivity index (χ1n) is 5.16. The van der Waals surface area contributed by atoms with Gasteiger partial charge in [-0.15, -0.1) is 12.4 Å². The third kappa shape index (κ3) is 8.49. The quantitative estimate of drug-likeness (QED) is 0.673. The van der Waals surface area contributed by atoms with Crippen LogP contribution in [0.5, 0.6) is 0 Å². The van der Waals surface area contributed by atoms with Crippen molar-refractivity contribution < 1.29 is 14.3 Å². The Morgan fingerprint density at radius 1 is 1.38 bits per heavy atom. The number of amides is 1. The first kappa shape index (κ1) is 17.6. The highest BCUT2D eigenvalue weighted by molar-refractivity contribution is 5.85. The molecule has 0 saturated carbocycles. The van der Waals surface area contributed by atoms with E-state index in [-0.39, 0.29) is 30.2 Å². The highest BCUT2D eigenvalue weighted by atomic mass is 35.5. The third-order valence-electron chi connectivity index (χ3n) is 1.86. The number of ether oxygens (including phenoxy) is 1. The van der Waals surface area contributed by atoms with Crippen LogP contribution in [0, 0.1) is 5.92 Å². The molecular weight excluding hydrogens is 232 g/mol. The largest absolute Gasteiger partial charge is 0.466 e. The molecule has 0 heterocycles. The summed E-state index contributed by atoms with van der Waals surface area (Å²) in [5, 5.41) is 2.66. The number of halogens is 1. The molecule has 0 rings (SSSR count). The smallest absolute Gasteiger partial charge is 0.306 e. The van der Waals surface area contributed by atoms with Gasteiger partial charge in [-0.05, 0) is 19.8 Å². The average molecular weight is 253 g/mol. The van der Waals surface area contributed by atoms with Crippen molar-refractivity contribution in [2.75, 3.05) is 13.2 Å². The van der Waals surface area contributed by atoms with Gasteiger partial charge in [0.15, 0.2) is 0 Å². The van der Waals surface area contributed by atoms with Gasteiger partial charge in [-0.2, -0.15) is 0 Å². The summed E-state index contributed by atoms with van der Waals surface area (Å²) in [4.78, 5) is 22.2. The van der Waals surface area contributed by atoms with Crippen molar-refractivity contribution in [1.82, 2.24) is 5.32 Å². The SMILES string of the molecule is CCOC(=O)CC(C)CNC(=O)C(C)N.Cl. The highest BCUT2D eigenvalue weighted by Gasteiger charge is 2.12. The van der Waals surface area contributed by atoms with E-state index in [2.05, 4.69) is 5.32 Å². The summed E-state index contributed by atoms with van der Waals surface area (Å²) in [5.74, 6) is -0.377. The zero-order chi connectivity index (χ0) is 11.8. The third-order valence-corrected chi connectivity index (χ3v) is 1.86. The van der Waals surface area contributed by atoms with Crippen molar-refractivity contribution in [3.05, 3.63) is 0 Å². The number of esters is 1. The molecule has 6 heteroatoms. The molecule has 2 atom stereocenters. The van der Waals surface area contributed by atoms with Crippen molar-refractivity contribution in [2.24, 2.45) is 11.7 Å². The predicted molar refractivity (Wildman–Crippen MR) is 64.3 cm³/mol. The number of hydrogen-bond donors (Lipinski definition) is 2. The molecule has 0 aliphatic rings. The van der Waals surface area contributed by atoms with Gasteiger partial charge in [0.25, 0.3) is 0 Å². The average Bonchev–Trinajstić information content (AvgIpc) is 2.14. The minimum absolute atomic E-state index is 0. The van der Waals surface area contributed by atoms with Crippen LogP contribution in [0.3, 0.4) is 0 Å². The van der Waals surface area contributed by atoms with Crippen molar-refractivity contribution in [2.45, 2.75) is 33.2 Å². The van der Waals surface area contributed by atoms with E-state index in [1.165, 1.54) is 0 Å². The fourth-order valence-corrected chi connectivity index (χ4v) is 1.01. The molecule has 0 aliphatic carbocycles. The number of hydrogen-bond acceptors (Lipinski definition) is 4. The van der Waals surface area contributed by atoms with Crippen LogP contribution in [0.25, 0.3) is 0 Å². The summed E-state index contributed by atoms with van der Waals surface area (Å²) in [6.45, 7) is 6.08. The minimum Gasteiger partial charge on any atom is -0.466 e. The Bertz CT molecular complexity index is 222. The van der Waals surface area contributed by atoms with Gasteiger partial charge in [0, 0.05) is 13.0 Å². The molecule has 0 fully saturated rings. The molecule has 0 aromatic rings. The topological polar surface area (TPSA) is 81.4 Å². The lowest BCUT2D eigenvalue weighted by Gasteiger charge is -2.13. The van der Waals surface area contributed by atoms with E-state index >= 15 is 0 Å². The van der Waals surface area contributed by atoms with Crippen LogP contribution in [-0.2, 0) is 14.3 Å². The van der Waals surface area contributed by atoms with Crippen LogP contribution in [0.2, 0.25) is 0 Å². The molecule has 0 aromatic heterocycles. The Morgan fingerprint density at radius 3 is 2.38 bits per heavy atom. The first-order chi connectivity index (χ1) is 6.97. The van der Waals surface area contributed by atoms with Crippen LogP contribution < -0.4 is 11.1 Å². The lowest BCUT2D eigenvalue weighted by Crippen LogP contribution is -2.40. The molecule has 0 aromatic carbocycles. The summed E-state index contributed by atoms with van der Waals surface area (Å²) in [6, 6.07) is -0.514. The van der Waals surface area contributed by atoms with E-state index in [4.69, 9.17) is 10.5 Å². The van der Waals surface area contributed by atoms with Crippen molar-refractivity contribution in [3.8, 4) is 0 Å². The maximum atomic E-state index is 11.1. The van der Waals surface area contributed by atoms with Crippen LogP contribution >= 0.6 is 12.4 Å². The van der Waals surface area contributed by atoms with E-state index in [1.54, 1.807) is 13.8 Å². The second-order valence-electron chi connectivity index (χ2n) is 3.65. The van der Waals surface area contributed by atoms with Crippen molar-refractivity contribution >= 4 is 24.3 Å². The Kier molecular flexibility index (Phi) is 10.3. The molecule has 5 nitrogen and oxygen atoms in total. The number of nitrogens with two attached hydrogens (primary N) is 1. The van der Waals surface area contributed by atoms with Gasteiger partial charge in [-0.3, -0.25) is 9.59 Å². The van der Waals surface area contributed by atoms with Crippen LogP contribution in [0.15, 0.2) is 0 Å². The minimum atomic E-state index is -0.514. The molecule has 0 aliphatic heterocycles. The lowest BCUT2D eigenvalue weighted by molar-refractivity contribution is -0.144. The molecule has 96 valence electrons. The molecule has 3 N–H and O–H groups in total. The molecule has 1 amide bonds. The zero-order valence-corrected chi connectivity index (χ0v) is 10.8. The Balaban J connectivity index is 0. The van der Waals surface area contributed by atoms with Gasteiger partial charge < -0.3 is 15.8 Å². The van der Waals surface area contributed by atoms with E-state index in [0.717, 1.165) is 0 Å². The van der Waals surface area contributed by atoms with Gasteiger partial charge in [0.05, 0.1) is 12.6 Å². The van der Waals surface area contributed by atoms with Gasteiger partial charge >= 0.3 is 5.97 Å². The Labute approximate surface area is 103 Å². The molecule has 16 heavy (non-hydrogen) atoms. The summed E-state index contributed by atoms with van der Waals surface area (Å²) in [7, 11) is 0. The van der Waals surface area contributed by atoms with E-state index in [9.17, 15) is 9.59 Å². The molecule has 0 spiro atoms. The molecule has 2 unspecified atom stereocenters. The normalized spacial score (nSPS) is 13.2. The first-order valence-corrected chi connectivity index (χ1v) is 5.16. The van der Waals surface area contributed by atoms with Gasteiger partial charge in [-0.1, -0.05) is 6.92 Å². The number of carbonyl (C=O) groups excluding carboxylic acids is 2. The summed E-state index contributed by atoms with van der Waals surface area (Å²) < 4.78 is 4.79. The van der Waals surface area contributed by atoms with E-state index < -0.39 is 6.04 Å². The van der Waals surface area contributed by atoms with Crippen LogP contribution in [0.1, 0.15) is 27.2 Å². The van der Waals surface area contributed by atoms with E-state index in [0.29, 0.717) is 19.6 Å². The van der Waals surface area contributed by atoms with Crippen LogP contribution in [0.4, 0.5) is 0 Å². The molecular formula is C10H21ClN2O3. The van der Waals surface area contributed by atoms with Gasteiger partial charge in [0.1, 0.15) is 0 Å². The van der Waals surface area contributed by atoms with Crippen molar-refractivity contribution in [3.63, 3.8) is 0 Å². The van der Waals surface area contributed by atoms with Crippen molar-refractivity contribution in [1.29, 1.82) is 0 Å². The number of nitrogens with one attached hydrogen (secondary N) is 1. The fourth-order valence-electron chi connectivity index (χ4n) is 1.01. The van der Waals surface area contributed by atoms with E-state index in [1.807, 2.05) is 6.92 Å². The zero-order valence-electron chi connectivity index (χ0n) is 9.99. The maximum absolute atomic E-state index is 11.1. The second-order valence-corrected chi connectivity index (χ2v) is 3.65. The lowest BCUT2D eigenvalue weighted by atomic mass is 10.1.